The molecule has 4 nitrogen and oxygen atoms in total. The van der Waals surface area contributed by atoms with Crippen molar-refractivity contribution in [2.24, 2.45) is 3.77 Å². The van der Waals surface area contributed by atoms with Crippen molar-refractivity contribution in [2.75, 3.05) is 5.75 Å². The third kappa shape index (κ3) is 3.99. The lowest BCUT2D eigenvalue weighted by Crippen LogP contribution is -2.06. The molecule has 1 aromatic carbocycles. The van der Waals surface area contributed by atoms with Crippen LogP contribution in [0.5, 0.6) is 0 Å². The number of benzene rings is 1. The van der Waals surface area contributed by atoms with E-state index in [1.165, 1.54) is 25.1 Å². The van der Waals surface area contributed by atoms with Crippen LogP contribution in [0.4, 0.5) is 0 Å². The Hall–Kier alpha value is -0.0100. The van der Waals surface area contributed by atoms with Crippen LogP contribution in [-0.2, 0) is 19.0 Å². The highest BCUT2D eigenvalue weighted by molar-refractivity contribution is 8.17. The van der Waals surface area contributed by atoms with E-state index in [2.05, 4.69) is 3.77 Å². The highest BCUT2D eigenvalue weighted by Gasteiger charge is 2.16. The number of hydrogen-bond acceptors (Lipinski definition) is 3. The van der Waals surface area contributed by atoms with E-state index in [0.717, 1.165) is 0 Å². The van der Waals surface area contributed by atoms with E-state index in [9.17, 15) is 12.6 Å². The largest absolute Gasteiger partial charge is 0.347 e. The molecule has 0 unspecified atom stereocenters. The Kier molecular flexibility index (Phi) is 4.71. The highest BCUT2D eigenvalue weighted by atomic mass is 35.7. The first kappa shape index (κ1) is 15.0. The minimum atomic E-state index is -4.22. The van der Waals surface area contributed by atoms with Gasteiger partial charge in [0.25, 0.3) is 0 Å². The van der Waals surface area contributed by atoms with Crippen molar-refractivity contribution in [2.45, 2.75) is 11.8 Å². The van der Waals surface area contributed by atoms with Gasteiger partial charge in [-0.1, -0.05) is 33.9 Å². The van der Waals surface area contributed by atoms with E-state index in [-0.39, 0.29) is 20.7 Å². The Balaban J connectivity index is 3.53. The first-order valence-electron chi connectivity index (χ1n) is 4.34. The number of hydrogen-bond donors (Lipinski definition) is 0. The molecule has 1 rings (SSSR count). The molecule has 0 radical (unpaired) electrons. The second-order valence-electron chi connectivity index (χ2n) is 2.99. The van der Waals surface area contributed by atoms with Gasteiger partial charge in [0.15, 0.2) is 0 Å². The Labute approximate surface area is 115 Å². The van der Waals surface area contributed by atoms with Gasteiger partial charge in [-0.15, -0.1) is 0 Å². The van der Waals surface area contributed by atoms with Gasteiger partial charge in [-0.05, 0) is 18.2 Å². The van der Waals surface area contributed by atoms with Crippen molar-refractivity contribution in [3.63, 3.8) is 0 Å². The molecule has 0 bridgehead atoms. The van der Waals surface area contributed by atoms with Crippen LogP contribution in [0.25, 0.3) is 0 Å². The fourth-order valence-electron chi connectivity index (χ4n) is 1.08. The van der Waals surface area contributed by atoms with E-state index in [1.54, 1.807) is 0 Å². The summed E-state index contributed by atoms with van der Waals surface area (Å²) in [6, 6.07) is 4.15. The van der Waals surface area contributed by atoms with Crippen molar-refractivity contribution in [3.8, 4) is 0 Å². The topological polar surface area (TPSA) is 63.6 Å². The summed E-state index contributed by atoms with van der Waals surface area (Å²) >= 11 is 11.5. The zero-order valence-electron chi connectivity index (χ0n) is 8.56. The van der Waals surface area contributed by atoms with E-state index in [4.69, 9.17) is 33.9 Å². The molecular formula is C8H8Cl3NO3S2. The summed E-state index contributed by atoms with van der Waals surface area (Å²) in [5.74, 6) is -0.00306. The van der Waals surface area contributed by atoms with Crippen molar-refractivity contribution in [3.05, 3.63) is 28.2 Å². The van der Waals surface area contributed by atoms with Gasteiger partial charge in [-0.25, -0.2) is 4.21 Å². The van der Waals surface area contributed by atoms with Crippen LogP contribution < -0.4 is 0 Å². The van der Waals surface area contributed by atoms with Crippen molar-refractivity contribution < 1.29 is 12.6 Å². The smallest absolute Gasteiger partial charge is 0.244 e. The number of rotatable bonds is 3. The highest BCUT2D eigenvalue weighted by Crippen LogP contribution is 2.27. The van der Waals surface area contributed by atoms with E-state index < -0.39 is 19.0 Å². The Morgan fingerprint density at radius 2 is 1.76 bits per heavy atom. The van der Waals surface area contributed by atoms with Crippen LogP contribution in [0.15, 0.2) is 26.9 Å². The lowest BCUT2D eigenvalue weighted by Gasteiger charge is -2.07. The summed E-state index contributed by atoms with van der Waals surface area (Å²) in [4.78, 5) is 0.179. The standard InChI is InChI=1S/C8H8Cl3NO3S2/c1-2-16(13,12-17(11,14)15)6-3-4-7(9)8(10)5-6/h3-5H,2H2,1H3/t16-/m0/s1. The summed E-state index contributed by atoms with van der Waals surface area (Å²) in [5, 5.41) is 0.453. The molecule has 1 aromatic rings. The molecule has 1 atom stereocenters. The van der Waals surface area contributed by atoms with Gasteiger partial charge >= 0.3 is 9.24 Å². The molecule has 0 spiro atoms. The normalized spacial score (nSPS) is 15.3. The maximum absolute atomic E-state index is 12.3. The van der Waals surface area contributed by atoms with Gasteiger partial charge in [-0.2, -0.15) is 8.42 Å². The van der Waals surface area contributed by atoms with Gasteiger partial charge in [0.05, 0.1) is 24.7 Å². The average Bonchev–Trinajstić information content (AvgIpc) is 2.19. The molecule has 0 fully saturated rings. The van der Waals surface area contributed by atoms with Crippen molar-refractivity contribution in [1.29, 1.82) is 0 Å². The SMILES string of the molecule is CC[S@@](=O)(=NS(=O)(=O)Cl)c1ccc(Cl)c(Cl)c1. The molecule has 0 aliphatic heterocycles. The van der Waals surface area contributed by atoms with Crippen LogP contribution in [0, 0.1) is 0 Å². The predicted molar refractivity (Wildman–Crippen MR) is 70.6 cm³/mol. The van der Waals surface area contributed by atoms with E-state index in [1.807, 2.05) is 0 Å². The third-order valence-corrected chi connectivity index (χ3v) is 6.55. The molecule has 0 saturated carbocycles. The molecule has 96 valence electrons. The number of nitrogens with zero attached hydrogens (tertiary/aromatic N) is 1. The lowest BCUT2D eigenvalue weighted by molar-refractivity contribution is 0.611. The van der Waals surface area contributed by atoms with Gasteiger partial charge in [0, 0.05) is 16.4 Å². The van der Waals surface area contributed by atoms with E-state index in [0.29, 0.717) is 0 Å². The Bertz CT molecular complexity index is 648. The lowest BCUT2D eigenvalue weighted by atomic mass is 10.4. The predicted octanol–water partition coefficient (Wildman–Crippen LogP) is 3.32. The zero-order valence-corrected chi connectivity index (χ0v) is 12.5. The second kappa shape index (κ2) is 5.32. The van der Waals surface area contributed by atoms with Crippen LogP contribution in [0.1, 0.15) is 6.92 Å². The molecule has 9 heteroatoms. The number of halogens is 3. The maximum atomic E-state index is 12.3. The van der Waals surface area contributed by atoms with E-state index >= 15 is 0 Å². The molecule has 0 aromatic heterocycles. The molecule has 0 aliphatic carbocycles. The van der Waals surface area contributed by atoms with Gasteiger partial charge in [0.2, 0.25) is 0 Å². The van der Waals surface area contributed by atoms with Gasteiger partial charge < -0.3 is 0 Å². The quantitative estimate of drug-likeness (QED) is 0.795. The summed E-state index contributed by atoms with van der Waals surface area (Å²) < 4.78 is 37.2. The van der Waals surface area contributed by atoms with Crippen LogP contribution in [-0.4, -0.2) is 18.4 Å². The molecule has 0 N–H and O–H groups in total. The first-order chi connectivity index (χ1) is 7.68. The molecule has 0 heterocycles. The second-order valence-corrected chi connectivity index (χ2v) is 8.73. The first-order valence-corrected chi connectivity index (χ1v) is 9.04. The van der Waals surface area contributed by atoms with Crippen molar-refractivity contribution >= 4 is 52.9 Å². The molecule has 0 aliphatic rings. The van der Waals surface area contributed by atoms with Crippen LogP contribution in [0.3, 0.4) is 0 Å². The van der Waals surface area contributed by atoms with Gasteiger partial charge in [0.1, 0.15) is 0 Å². The molecule has 17 heavy (non-hydrogen) atoms. The molecular weight excluding hydrogens is 329 g/mol. The average molecular weight is 337 g/mol. The summed E-state index contributed by atoms with van der Waals surface area (Å²) in [6.45, 7) is 1.54. The Morgan fingerprint density at radius 3 is 2.18 bits per heavy atom. The van der Waals surface area contributed by atoms with Crippen molar-refractivity contribution in [1.82, 2.24) is 0 Å². The molecule has 0 saturated heterocycles. The molecule has 0 amide bonds. The minimum Gasteiger partial charge on any atom is -0.244 e. The minimum absolute atomic E-state index is 0.00306. The zero-order chi connectivity index (χ0) is 13.3. The Morgan fingerprint density at radius 1 is 1.18 bits per heavy atom. The monoisotopic (exact) mass is 335 g/mol. The van der Waals surface area contributed by atoms with Crippen LogP contribution in [0.2, 0.25) is 10.0 Å². The summed E-state index contributed by atoms with van der Waals surface area (Å²) in [7, 11) is -2.38. The van der Waals surface area contributed by atoms with Crippen LogP contribution >= 0.6 is 33.9 Å². The fourth-order valence-corrected chi connectivity index (χ4v) is 5.10. The van der Waals surface area contributed by atoms with Gasteiger partial charge in [-0.3, -0.25) is 0 Å². The fraction of sp³-hybridized carbons (Fsp3) is 0.250. The maximum Gasteiger partial charge on any atom is 0.347 e. The third-order valence-electron chi connectivity index (χ3n) is 1.86. The summed E-state index contributed by atoms with van der Waals surface area (Å²) in [6.07, 6.45) is 0. The summed E-state index contributed by atoms with van der Waals surface area (Å²) in [5.41, 5.74) is 0.